The zero-order valence-corrected chi connectivity index (χ0v) is 12.3. The van der Waals surface area contributed by atoms with Crippen molar-refractivity contribution in [2.45, 2.75) is 26.7 Å². The van der Waals surface area contributed by atoms with Crippen LogP contribution in [0.1, 0.15) is 35.7 Å². The van der Waals surface area contributed by atoms with Crippen LogP contribution >= 0.6 is 0 Å². The van der Waals surface area contributed by atoms with E-state index in [1.807, 2.05) is 6.92 Å². The quantitative estimate of drug-likeness (QED) is 0.483. The van der Waals surface area contributed by atoms with Gasteiger partial charge in [-0.05, 0) is 43.0 Å². The van der Waals surface area contributed by atoms with E-state index < -0.39 is 0 Å². The first kappa shape index (κ1) is 16.4. The zero-order chi connectivity index (χ0) is 15.0. The minimum Gasteiger partial charge on any atom is -0.496 e. The van der Waals surface area contributed by atoms with Crippen LogP contribution < -0.4 is 4.74 Å². The van der Waals surface area contributed by atoms with Crippen LogP contribution in [0.3, 0.4) is 0 Å². The van der Waals surface area contributed by atoms with E-state index in [0.29, 0.717) is 11.8 Å². The summed E-state index contributed by atoms with van der Waals surface area (Å²) in [5.74, 6) is 1.41. The standard InChI is InChI=1S/C11H12O3.C5H10O/c1-8-7-9(10(13)5-6-12)3-4-11(8)14-2;1-5-2-3-6-4-5/h3-4,6-7H,5H2,1-2H3;5H,2-4H2,1H3. The van der Waals surface area contributed by atoms with Crippen molar-refractivity contribution in [1.82, 2.24) is 0 Å². The Balaban J connectivity index is 0.000000276. The molecule has 0 amide bonds. The first-order valence-corrected chi connectivity index (χ1v) is 6.77. The Hall–Kier alpha value is -1.68. The van der Waals surface area contributed by atoms with Crippen molar-refractivity contribution in [3.63, 3.8) is 0 Å². The molecule has 1 aromatic carbocycles. The highest BCUT2D eigenvalue weighted by molar-refractivity contribution is 6.02. The second-order valence-corrected chi connectivity index (χ2v) is 4.95. The molecular weight excluding hydrogens is 256 g/mol. The minimum absolute atomic E-state index is 0.0637. The second-order valence-electron chi connectivity index (χ2n) is 4.95. The van der Waals surface area contributed by atoms with Crippen molar-refractivity contribution in [3.05, 3.63) is 29.3 Å². The summed E-state index contributed by atoms with van der Waals surface area (Å²) in [6.07, 6.45) is 1.81. The van der Waals surface area contributed by atoms with E-state index in [4.69, 9.17) is 9.47 Å². The number of carbonyl (C=O) groups is 2. The summed E-state index contributed by atoms with van der Waals surface area (Å²) in [5, 5.41) is 0. The molecule has 0 aromatic heterocycles. The molecule has 4 heteroatoms. The number of hydrogen-bond acceptors (Lipinski definition) is 4. The van der Waals surface area contributed by atoms with Gasteiger partial charge in [0.25, 0.3) is 0 Å². The number of Topliss-reactive ketones (excluding diaryl/α,β-unsaturated/α-hetero) is 1. The number of aryl methyl sites for hydroxylation is 1. The number of rotatable bonds is 4. The van der Waals surface area contributed by atoms with Gasteiger partial charge in [0, 0.05) is 18.8 Å². The Bertz CT molecular complexity index is 448. The summed E-state index contributed by atoms with van der Waals surface area (Å²) in [5.41, 5.74) is 1.44. The number of benzene rings is 1. The van der Waals surface area contributed by atoms with Gasteiger partial charge >= 0.3 is 0 Å². The zero-order valence-electron chi connectivity index (χ0n) is 12.3. The van der Waals surface area contributed by atoms with Crippen LogP contribution in [-0.4, -0.2) is 32.4 Å². The summed E-state index contributed by atoms with van der Waals surface area (Å²) < 4.78 is 10.1. The molecule has 2 rings (SSSR count). The minimum atomic E-state index is -0.161. The van der Waals surface area contributed by atoms with Gasteiger partial charge in [-0.15, -0.1) is 0 Å². The topological polar surface area (TPSA) is 52.6 Å². The lowest BCUT2D eigenvalue weighted by atomic mass is 10.1. The molecule has 0 bridgehead atoms. The number of aldehydes is 1. The third-order valence-corrected chi connectivity index (χ3v) is 3.14. The molecule has 4 nitrogen and oxygen atoms in total. The van der Waals surface area contributed by atoms with Crippen LogP contribution in [0.15, 0.2) is 18.2 Å². The molecular formula is C16H22O4. The summed E-state index contributed by atoms with van der Waals surface area (Å²) >= 11 is 0. The molecule has 0 spiro atoms. The summed E-state index contributed by atoms with van der Waals surface area (Å²) in [6, 6.07) is 5.12. The normalized spacial score (nSPS) is 17.1. The Morgan fingerprint density at radius 1 is 1.50 bits per heavy atom. The SMILES string of the molecule is CC1CCOC1.COc1ccc(C(=O)CC=O)cc1C. The molecule has 1 aliphatic rings. The van der Waals surface area contributed by atoms with E-state index in [9.17, 15) is 9.59 Å². The van der Waals surface area contributed by atoms with Gasteiger partial charge in [-0.3, -0.25) is 4.79 Å². The molecule has 0 N–H and O–H groups in total. The molecule has 110 valence electrons. The van der Waals surface area contributed by atoms with Gasteiger partial charge in [0.05, 0.1) is 13.5 Å². The Labute approximate surface area is 120 Å². The molecule has 0 aliphatic carbocycles. The number of hydrogen-bond donors (Lipinski definition) is 0. The molecule has 1 atom stereocenters. The highest BCUT2D eigenvalue weighted by atomic mass is 16.5. The lowest BCUT2D eigenvalue weighted by molar-refractivity contribution is -0.107. The highest BCUT2D eigenvalue weighted by Gasteiger charge is 2.08. The predicted octanol–water partition coefficient (Wildman–Crippen LogP) is 2.82. The molecule has 1 aromatic rings. The van der Waals surface area contributed by atoms with Gasteiger partial charge in [-0.25, -0.2) is 0 Å². The first-order valence-electron chi connectivity index (χ1n) is 6.77. The van der Waals surface area contributed by atoms with Gasteiger partial charge in [-0.1, -0.05) is 6.92 Å². The molecule has 0 saturated carbocycles. The maximum absolute atomic E-state index is 11.3. The Kier molecular flexibility index (Phi) is 6.94. The van der Waals surface area contributed by atoms with Crippen molar-refractivity contribution in [1.29, 1.82) is 0 Å². The van der Waals surface area contributed by atoms with Gasteiger partial charge in [0.15, 0.2) is 5.78 Å². The van der Waals surface area contributed by atoms with Crippen LogP contribution in [0.25, 0.3) is 0 Å². The van der Waals surface area contributed by atoms with E-state index in [2.05, 4.69) is 6.92 Å². The third-order valence-electron chi connectivity index (χ3n) is 3.14. The Morgan fingerprint density at radius 2 is 2.25 bits per heavy atom. The maximum atomic E-state index is 11.3. The third kappa shape index (κ3) is 5.13. The van der Waals surface area contributed by atoms with Crippen molar-refractivity contribution in [2.75, 3.05) is 20.3 Å². The number of carbonyl (C=O) groups excluding carboxylic acids is 2. The van der Waals surface area contributed by atoms with E-state index in [1.165, 1.54) is 6.42 Å². The van der Waals surface area contributed by atoms with E-state index >= 15 is 0 Å². The molecule has 1 aliphatic heterocycles. The van der Waals surface area contributed by atoms with Crippen LogP contribution in [0.4, 0.5) is 0 Å². The highest BCUT2D eigenvalue weighted by Crippen LogP contribution is 2.19. The van der Waals surface area contributed by atoms with Crippen LogP contribution in [0, 0.1) is 12.8 Å². The molecule has 1 fully saturated rings. The number of methoxy groups -OCH3 is 1. The van der Waals surface area contributed by atoms with Crippen LogP contribution in [-0.2, 0) is 9.53 Å². The number of ketones is 1. The lowest BCUT2D eigenvalue weighted by Gasteiger charge is -2.05. The molecule has 20 heavy (non-hydrogen) atoms. The molecule has 0 radical (unpaired) electrons. The average molecular weight is 278 g/mol. The monoisotopic (exact) mass is 278 g/mol. The fraction of sp³-hybridized carbons (Fsp3) is 0.500. The van der Waals surface area contributed by atoms with Gasteiger partial charge < -0.3 is 14.3 Å². The maximum Gasteiger partial charge on any atom is 0.169 e. The van der Waals surface area contributed by atoms with E-state index in [-0.39, 0.29) is 12.2 Å². The van der Waals surface area contributed by atoms with E-state index in [0.717, 1.165) is 30.4 Å². The molecule has 1 saturated heterocycles. The van der Waals surface area contributed by atoms with Gasteiger partial charge in [-0.2, -0.15) is 0 Å². The van der Waals surface area contributed by atoms with Crippen LogP contribution in [0.2, 0.25) is 0 Å². The second kappa shape index (κ2) is 8.48. The van der Waals surface area contributed by atoms with Crippen LogP contribution in [0.5, 0.6) is 5.75 Å². The summed E-state index contributed by atoms with van der Waals surface area (Å²) in [4.78, 5) is 21.5. The molecule has 1 unspecified atom stereocenters. The number of ether oxygens (including phenoxy) is 2. The largest absolute Gasteiger partial charge is 0.496 e. The lowest BCUT2D eigenvalue weighted by Crippen LogP contribution is -2.00. The van der Waals surface area contributed by atoms with Crippen molar-refractivity contribution >= 4 is 12.1 Å². The smallest absolute Gasteiger partial charge is 0.169 e. The fourth-order valence-corrected chi connectivity index (χ4v) is 1.90. The molecule has 1 heterocycles. The van der Waals surface area contributed by atoms with E-state index in [1.54, 1.807) is 25.3 Å². The predicted molar refractivity (Wildman–Crippen MR) is 77.3 cm³/mol. The summed E-state index contributed by atoms with van der Waals surface area (Å²) in [7, 11) is 1.58. The van der Waals surface area contributed by atoms with Crippen molar-refractivity contribution in [2.24, 2.45) is 5.92 Å². The fourth-order valence-electron chi connectivity index (χ4n) is 1.90. The van der Waals surface area contributed by atoms with Gasteiger partial charge in [0.2, 0.25) is 0 Å². The van der Waals surface area contributed by atoms with Crippen molar-refractivity contribution < 1.29 is 19.1 Å². The van der Waals surface area contributed by atoms with Crippen molar-refractivity contribution in [3.8, 4) is 5.75 Å². The summed E-state index contributed by atoms with van der Waals surface area (Å²) in [6.45, 7) is 6.05. The van der Waals surface area contributed by atoms with Gasteiger partial charge in [0.1, 0.15) is 12.0 Å². The first-order chi connectivity index (χ1) is 9.58. The average Bonchev–Trinajstić information content (AvgIpc) is 2.91. The Morgan fingerprint density at radius 3 is 2.65 bits per heavy atom.